The van der Waals surface area contributed by atoms with Crippen molar-refractivity contribution in [3.05, 3.63) is 29.8 Å². The number of hydrogen-bond donors (Lipinski definition) is 3. The van der Waals surface area contributed by atoms with E-state index < -0.39 is 12.1 Å². The van der Waals surface area contributed by atoms with Crippen LogP contribution in [0.3, 0.4) is 0 Å². The minimum absolute atomic E-state index is 0.268. The molecule has 2 atom stereocenters. The third-order valence-electron chi connectivity index (χ3n) is 3.16. The number of anilines is 1. The van der Waals surface area contributed by atoms with Crippen molar-refractivity contribution in [1.82, 2.24) is 5.32 Å². The maximum atomic E-state index is 11.7. The summed E-state index contributed by atoms with van der Waals surface area (Å²) in [6, 6.07) is 6.55. The highest BCUT2D eigenvalue weighted by molar-refractivity contribution is 5.89. The van der Waals surface area contributed by atoms with Gasteiger partial charge in [-0.2, -0.15) is 0 Å². The summed E-state index contributed by atoms with van der Waals surface area (Å²) < 4.78 is 5.29. The molecule has 0 radical (unpaired) electrons. The second-order valence-electron chi connectivity index (χ2n) is 4.72. The molecule has 6 heteroatoms. The van der Waals surface area contributed by atoms with Gasteiger partial charge in [-0.25, -0.2) is 9.59 Å². The smallest absolute Gasteiger partial charge is 0.332 e. The molecule has 0 spiro atoms. The molecule has 1 aromatic rings. The largest absolute Gasteiger partial charge is 0.479 e. The van der Waals surface area contributed by atoms with E-state index in [1.54, 1.807) is 24.3 Å². The van der Waals surface area contributed by atoms with Crippen molar-refractivity contribution < 1.29 is 19.4 Å². The number of carbonyl (C=O) groups is 2. The molecule has 1 aliphatic heterocycles. The van der Waals surface area contributed by atoms with Crippen LogP contribution in [-0.2, 0) is 9.53 Å². The van der Waals surface area contributed by atoms with Gasteiger partial charge < -0.3 is 20.5 Å². The molecule has 0 saturated carbocycles. The Kier molecular flexibility index (Phi) is 4.80. The molecule has 110 valence electrons. The number of terminal acetylenes is 1. The van der Waals surface area contributed by atoms with Crippen molar-refractivity contribution in [3.63, 3.8) is 0 Å². The molecule has 1 fully saturated rings. The lowest BCUT2D eigenvalue weighted by molar-refractivity contribution is -0.149. The fourth-order valence-corrected chi connectivity index (χ4v) is 2.11. The van der Waals surface area contributed by atoms with Crippen molar-refractivity contribution in [1.29, 1.82) is 0 Å². The maximum absolute atomic E-state index is 11.7. The number of amides is 2. The highest BCUT2D eigenvalue weighted by atomic mass is 16.5. The quantitative estimate of drug-likeness (QED) is 0.731. The van der Waals surface area contributed by atoms with E-state index in [0.717, 1.165) is 0 Å². The third kappa shape index (κ3) is 4.23. The maximum Gasteiger partial charge on any atom is 0.332 e. The van der Waals surface area contributed by atoms with Gasteiger partial charge in [-0.1, -0.05) is 12.0 Å². The number of urea groups is 1. The Bertz CT molecular complexity index is 579. The molecule has 6 nitrogen and oxygen atoms in total. The Morgan fingerprint density at radius 1 is 1.43 bits per heavy atom. The minimum Gasteiger partial charge on any atom is -0.479 e. The molecular weight excluding hydrogens is 272 g/mol. The van der Waals surface area contributed by atoms with E-state index >= 15 is 0 Å². The van der Waals surface area contributed by atoms with Crippen LogP contribution in [0, 0.1) is 12.3 Å². The van der Waals surface area contributed by atoms with Crippen LogP contribution in [0.15, 0.2) is 24.3 Å². The number of carboxylic acids is 1. The first-order valence-corrected chi connectivity index (χ1v) is 6.58. The van der Waals surface area contributed by atoms with Crippen LogP contribution in [0.2, 0.25) is 0 Å². The Morgan fingerprint density at radius 2 is 2.24 bits per heavy atom. The second-order valence-corrected chi connectivity index (χ2v) is 4.72. The third-order valence-corrected chi connectivity index (χ3v) is 3.16. The topological polar surface area (TPSA) is 87.7 Å². The Balaban J connectivity index is 1.78. The summed E-state index contributed by atoms with van der Waals surface area (Å²) >= 11 is 0. The standard InChI is InChI=1S/C15H16N2O4/c1-2-10-4-3-5-11(8-10)17-15(20)16-9-12-6-7-13(21-12)14(18)19/h1,3-5,8,12-13H,6-7,9H2,(H,18,19)(H2,16,17,20). The van der Waals surface area contributed by atoms with Crippen LogP contribution in [0.4, 0.5) is 10.5 Å². The average molecular weight is 288 g/mol. The summed E-state index contributed by atoms with van der Waals surface area (Å²) in [5.41, 5.74) is 1.27. The Morgan fingerprint density at radius 3 is 2.90 bits per heavy atom. The predicted molar refractivity (Wildman–Crippen MR) is 76.9 cm³/mol. The van der Waals surface area contributed by atoms with Crippen molar-refractivity contribution >= 4 is 17.7 Å². The Labute approximate surface area is 122 Å². The van der Waals surface area contributed by atoms with E-state index in [0.29, 0.717) is 24.1 Å². The molecule has 2 rings (SSSR count). The molecule has 1 heterocycles. The predicted octanol–water partition coefficient (Wildman–Crippen LogP) is 1.42. The minimum atomic E-state index is -0.965. The first kappa shape index (κ1) is 14.9. The SMILES string of the molecule is C#Cc1cccc(NC(=O)NCC2CCC(C(=O)O)O2)c1. The lowest BCUT2D eigenvalue weighted by Crippen LogP contribution is -2.35. The van der Waals surface area contributed by atoms with Crippen LogP contribution < -0.4 is 10.6 Å². The monoisotopic (exact) mass is 288 g/mol. The van der Waals surface area contributed by atoms with Gasteiger partial charge in [0.05, 0.1) is 6.10 Å². The molecule has 3 N–H and O–H groups in total. The first-order chi connectivity index (χ1) is 10.1. The molecule has 21 heavy (non-hydrogen) atoms. The summed E-state index contributed by atoms with van der Waals surface area (Å²) in [5.74, 6) is 1.52. The summed E-state index contributed by atoms with van der Waals surface area (Å²) in [6.07, 6.45) is 5.33. The highest BCUT2D eigenvalue weighted by Crippen LogP contribution is 2.19. The Hall–Kier alpha value is -2.52. The van der Waals surface area contributed by atoms with Gasteiger partial charge in [0.15, 0.2) is 6.10 Å². The molecule has 0 aliphatic carbocycles. The summed E-state index contributed by atoms with van der Waals surface area (Å²) in [4.78, 5) is 22.5. The van der Waals surface area contributed by atoms with Gasteiger partial charge in [-0.15, -0.1) is 6.42 Å². The number of carboxylic acid groups (broad SMARTS) is 1. The normalized spacial score (nSPS) is 20.5. The van der Waals surface area contributed by atoms with Gasteiger partial charge in [-0.05, 0) is 31.0 Å². The molecule has 1 aromatic carbocycles. The molecule has 0 aromatic heterocycles. The summed E-state index contributed by atoms with van der Waals surface area (Å²) in [5, 5.41) is 14.1. The van der Waals surface area contributed by atoms with Gasteiger partial charge in [0.1, 0.15) is 0 Å². The zero-order chi connectivity index (χ0) is 15.2. The van der Waals surface area contributed by atoms with Crippen molar-refractivity contribution in [2.24, 2.45) is 0 Å². The molecule has 2 amide bonds. The molecule has 2 unspecified atom stereocenters. The van der Waals surface area contributed by atoms with Gasteiger partial charge in [0.2, 0.25) is 0 Å². The van der Waals surface area contributed by atoms with Crippen LogP contribution >= 0.6 is 0 Å². The van der Waals surface area contributed by atoms with E-state index in [-0.39, 0.29) is 18.7 Å². The number of rotatable bonds is 4. The highest BCUT2D eigenvalue weighted by Gasteiger charge is 2.30. The number of ether oxygens (including phenoxy) is 1. The molecular formula is C15H16N2O4. The number of carbonyl (C=O) groups excluding carboxylic acids is 1. The average Bonchev–Trinajstić information content (AvgIpc) is 2.94. The zero-order valence-electron chi connectivity index (χ0n) is 11.3. The zero-order valence-corrected chi connectivity index (χ0v) is 11.3. The fourth-order valence-electron chi connectivity index (χ4n) is 2.11. The van der Waals surface area contributed by atoms with Crippen molar-refractivity contribution in [2.45, 2.75) is 25.0 Å². The van der Waals surface area contributed by atoms with Crippen LogP contribution in [-0.4, -0.2) is 35.9 Å². The summed E-state index contributed by atoms with van der Waals surface area (Å²) in [7, 11) is 0. The van der Waals surface area contributed by atoms with Crippen LogP contribution in [0.25, 0.3) is 0 Å². The molecule has 1 aliphatic rings. The second kappa shape index (κ2) is 6.77. The van der Waals surface area contributed by atoms with E-state index in [2.05, 4.69) is 16.6 Å². The number of hydrogen-bond acceptors (Lipinski definition) is 3. The summed E-state index contributed by atoms with van der Waals surface area (Å²) in [6.45, 7) is 0.268. The number of aliphatic carboxylic acids is 1. The first-order valence-electron chi connectivity index (χ1n) is 6.58. The molecule has 0 bridgehead atoms. The van der Waals surface area contributed by atoms with E-state index in [9.17, 15) is 9.59 Å². The fraction of sp³-hybridized carbons (Fsp3) is 0.333. The number of benzene rings is 1. The molecule has 1 saturated heterocycles. The van der Waals surface area contributed by atoms with E-state index in [1.807, 2.05) is 0 Å². The van der Waals surface area contributed by atoms with Crippen LogP contribution in [0.5, 0.6) is 0 Å². The lowest BCUT2D eigenvalue weighted by atomic mass is 10.2. The van der Waals surface area contributed by atoms with Crippen molar-refractivity contribution in [2.75, 3.05) is 11.9 Å². The van der Waals surface area contributed by atoms with Gasteiger partial charge in [0.25, 0.3) is 0 Å². The van der Waals surface area contributed by atoms with E-state index in [4.69, 9.17) is 16.3 Å². The van der Waals surface area contributed by atoms with Crippen LogP contribution in [0.1, 0.15) is 18.4 Å². The van der Waals surface area contributed by atoms with Gasteiger partial charge in [-0.3, -0.25) is 0 Å². The van der Waals surface area contributed by atoms with Crippen molar-refractivity contribution in [3.8, 4) is 12.3 Å². The van der Waals surface area contributed by atoms with E-state index in [1.165, 1.54) is 0 Å². The number of nitrogens with one attached hydrogen (secondary N) is 2. The van der Waals surface area contributed by atoms with Gasteiger partial charge in [0, 0.05) is 17.8 Å². The van der Waals surface area contributed by atoms with Gasteiger partial charge >= 0.3 is 12.0 Å². The lowest BCUT2D eigenvalue weighted by Gasteiger charge is -2.13.